The Labute approximate surface area is 154 Å². The van der Waals surface area contributed by atoms with Crippen molar-refractivity contribution in [3.05, 3.63) is 23.3 Å². The number of carbonyl (C=O) groups is 3. The summed E-state index contributed by atoms with van der Waals surface area (Å²) in [6.07, 6.45) is -0.0444. The number of aromatic carboxylic acids is 1. The summed E-state index contributed by atoms with van der Waals surface area (Å²) in [5.41, 5.74) is 6.06. The molecule has 1 aromatic carbocycles. The van der Waals surface area contributed by atoms with Gasteiger partial charge in [-0.05, 0) is 24.4 Å². The summed E-state index contributed by atoms with van der Waals surface area (Å²) in [4.78, 5) is 35.7. The molecule has 0 saturated carbocycles. The number of amides is 1. The van der Waals surface area contributed by atoms with E-state index in [0.29, 0.717) is 18.3 Å². The molecule has 3 rings (SSSR count). The molecule has 1 aromatic rings. The van der Waals surface area contributed by atoms with Gasteiger partial charge in [-0.3, -0.25) is 9.59 Å². The molecule has 1 saturated heterocycles. The summed E-state index contributed by atoms with van der Waals surface area (Å²) in [6.45, 7) is 0.345. The topological polar surface area (TPSA) is 160 Å². The van der Waals surface area contributed by atoms with E-state index in [9.17, 15) is 24.5 Å². The van der Waals surface area contributed by atoms with Gasteiger partial charge in [0.05, 0.1) is 25.6 Å². The number of nitrogens with zero attached hydrogens (tertiary/aromatic N) is 1. The Kier molecular flexibility index (Phi) is 5.24. The van der Waals surface area contributed by atoms with E-state index >= 15 is 0 Å². The molecule has 11 heteroatoms. The van der Waals surface area contributed by atoms with Gasteiger partial charge in [0.15, 0.2) is 0 Å². The number of nitrogens with two attached hydrogens (primary N) is 1. The number of hydrogen-bond donors (Lipinski definition) is 4. The van der Waals surface area contributed by atoms with E-state index in [-0.39, 0.29) is 30.2 Å². The third-order valence-corrected chi connectivity index (χ3v) is 4.49. The second-order valence-corrected chi connectivity index (χ2v) is 6.53. The van der Waals surface area contributed by atoms with E-state index in [1.165, 1.54) is 11.0 Å². The summed E-state index contributed by atoms with van der Waals surface area (Å²) >= 11 is 0. The maximum Gasteiger partial charge on any atom is 0.522 e. The minimum absolute atomic E-state index is 0.0854. The quantitative estimate of drug-likeness (QED) is 0.464. The van der Waals surface area contributed by atoms with Gasteiger partial charge in [0, 0.05) is 0 Å². The molecule has 1 fully saturated rings. The van der Waals surface area contributed by atoms with Crippen LogP contribution in [-0.2, 0) is 16.0 Å². The summed E-state index contributed by atoms with van der Waals surface area (Å²) in [7, 11) is -1.07. The zero-order chi connectivity index (χ0) is 19.7. The molecule has 1 amide bonds. The SMILES string of the molecule is N[C@@H](CC(=O)O)C(=O)N1CC(Oc2ccc3c(c2C(=O)O)OB(O)CC3)C1. The van der Waals surface area contributed by atoms with Crippen molar-refractivity contribution >= 4 is 25.0 Å². The van der Waals surface area contributed by atoms with Crippen molar-refractivity contribution in [3.63, 3.8) is 0 Å². The number of hydrogen-bond acceptors (Lipinski definition) is 7. The summed E-state index contributed by atoms with van der Waals surface area (Å²) < 4.78 is 11.0. The molecule has 10 nitrogen and oxygen atoms in total. The number of carbonyl (C=O) groups excluding carboxylic acids is 1. The number of carboxylic acid groups (broad SMARTS) is 2. The minimum atomic E-state index is -1.24. The number of fused-ring (bicyclic) bond motifs is 1. The van der Waals surface area contributed by atoms with Crippen molar-refractivity contribution < 1.29 is 39.0 Å². The predicted molar refractivity (Wildman–Crippen MR) is 91.7 cm³/mol. The van der Waals surface area contributed by atoms with E-state index in [2.05, 4.69) is 0 Å². The van der Waals surface area contributed by atoms with Crippen molar-refractivity contribution in [1.29, 1.82) is 0 Å². The van der Waals surface area contributed by atoms with Crippen LogP contribution < -0.4 is 15.1 Å². The molecular formula is C16H19BN2O8. The zero-order valence-electron chi connectivity index (χ0n) is 14.3. The highest BCUT2D eigenvalue weighted by atomic mass is 16.5. The van der Waals surface area contributed by atoms with Gasteiger partial charge in [-0.1, -0.05) is 6.07 Å². The molecule has 0 aliphatic carbocycles. The Hall–Kier alpha value is -2.79. The van der Waals surface area contributed by atoms with Crippen LogP contribution in [0.25, 0.3) is 0 Å². The number of carboxylic acids is 2. The van der Waals surface area contributed by atoms with E-state index < -0.39 is 43.5 Å². The lowest BCUT2D eigenvalue weighted by molar-refractivity contribution is -0.146. The number of aryl methyl sites for hydroxylation is 1. The van der Waals surface area contributed by atoms with Crippen molar-refractivity contribution in [2.75, 3.05) is 13.1 Å². The minimum Gasteiger partial charge on any atom is -0.535 e. The van der Waals surface area contributed by atoms with Crippen LogP contribution in [0.3, 0.4) is 0 Å². The van der Waals surface area contributed by atoms with Gasteiger partial charge in [-0.15, -0.1) is 0 Å². The van der Waals surface area contributed by atoms with Crippen LogP contribution in [0, 0.1) is 0 Å². The van der Waals surface area contributed by atoms with Gasteiger partial charge in [0.25, 0.3) is 0 Å². The maximum absolute atomic E-state index is 12.0. The lowest BCUT2D eigenvalue weighted by Gasteiger charge is -2.40. The normalized spacial score (nSPS) is 17.4. The van der Waals surface area contributed by atoms with Crippen LogP contribution in [0.5, 0.6) is 11.5 Å². The second kappa shape index (κ2) is 7.45. The fourth-order valence-corrected chi connectivity index (χ4v) is 3.10. The molecule has 1 atom stereocenters. The fraction of sp³-hybridized carbons (Fsp3) is 0.438. The third-order valence-electron chi connectivity index (χ3n) is 4.49. The Bertz CT molecular complexity index is 780. The van der Waals surface area contributed by atoms with Crippen molar-refractivity contribution in [1.82, 2.24) is 4.90 Å². The molecule has 0 radical (unpaired) electrons. The standard InChI is InChI=1S/C16H19BN2O8/c18-10(5-12(20)21)15(22)19-6-9(7-19)26-11-2-1-8-3-4-17(25)27-14(8)13(11)16(23)24/h1-2,9-10,25H,3-7,18H2,(H,20,21)(H,23,24)/t10-/m0/s1. The Morgan fingerprint density at radius 1 is 1.33 bits per heavy atom. The average Bonchev–Trinajstić information content (AvgIpc) is 2.55. The van der Waals surface area contributed by atoms with Gasteiger partial charge in [-0.25, -0.2) is 4.79 Å². The van der Waals surface area contributed by atoms with Gasteiger partial charge in [0.1, 0.15) is 23.2 Å². The maximum atomic E-state index is 12.0. The van der Waals surface area contributed by atoms with E-state index in [1.54, 1.807) is 6.07 Å². The Balaban J connectivity index is 1.67. The largest absolute Gasteiger partial charge is 0.535 e. The molecule has 0 unspecified atom stereocenters. The summed E-state index contributed by atoms with van der Waals surface area (Å²) in [5, 5.41) is 27.9. The van der Waals surface area contributed by atoms with E-state index in [0.717, 1.165) is 0 Å². The van der Waals surface area contributed by atoms with Crippen LogP contribution in [0.4, 0.5) is 0 Å². The molecule has 0 aromatic heterocycles. The highest BCUT2D eigenvalue weighted by Crippen LogP contribution is 2.37. The number of benzene rings is 1. The van der Waals surface area contributed by atoms with E-state index in [4.69, 9.17) is 20.2 Å². The third kappa shape index (κ3) is 3.98. The molecule has 2 aliphatic heterocycles. The summed E-state index contributed by atoms with van der Waals surface area (Å²) in [6, 6.07) is 2.09. The van der Waals surface area contributed by atoms with Crippen molar-refractivity contribution in [2.45, 2.75) is 31.3 Å². The van der Waals surface area contributed by atoms with Gasteiger partial charge < -0.3 is 35.3 Å². The average molecular weight is 378 g/mol. The smallest absolute Gasteiger partial charge is 0.522 e. The van der Waals surface area contributed by atoms with Crippen molar-refractivity contribution in [2.24, 2.45) is 5.73 Å². The van der Waals surface area contributed by atoms with Crippen LogP contribution >= 0.6 is 0 Å². The first-order chi connectivity index (χ1) is 12.8. The number of aliphatic carboxylic acids is 1. The zero-order valence-corrected chi connectivity index (χ0v) is 14.3. The number of likely N-dealkylation sites (tertiary alicyclic amines) is 1. The predicted octanol–water partition coefficient (Wildman–Crippen LogP) is -0.808. The molecule has 144 valence electrons. The molecule has 5 N–H and O–H groups in total. The van der Waals surface area contributed by atoms with Gasteiger partial charge in [0.2, 0.25) is 5.91 Å². The monoisotopic (exact) mass is 378 g/mol. The fourth-order valence-electron chi connectivity index (χ4n) is 3.10. The Morgan fingerprint density at radius 3 is 2.67 bits per heavy atom. The molecule has 2 aliphatic rings. The second-order valence-electron chi connectivity index (χ2n) is 6.53. The highest BCUT2D eigenvalue weighted by molar-refractivity contribution is 6.44. The number of ether oxygens (including phenoxy) is 1. The molecule has 2 heterocycles. The molecule has 0 spiro atoms. The molecule has 27 heavy (non-hydrogen) atoms. The van der Waals surface area contributed by atoms with Crippen LogP contribution in [0.1, 0.15) is 22.3 Å². The Morgan fingerprint density at radius 2 is 2.04 bits per heavy atom. The van der Waals surface area contributed by atoms with Crippen LogP contribution in [-0.4, -0.2) is 70.3 Å². The number of rotatable bonds is 6. The summed E-state index contributed by atoms with van der Waals surface area (Å²) in [5.74, 6) is -2.72. The first-order valence-electron chi connectivity index (χ1n) is 8.43. The van der Waals surface area contributed by atoms with E-state index in [1.807, 2.05) is 0 Å². The van der Waals surface area contributed by atoms with Crippen LogP contribution in [0.2, 0.25) is 6.32 Å². The first-order valence-corrected chi connectivity index (χ1v) is 8.43. The van der Waals surface area contributed by atoms with Gasteiger partial charge in [-0.2, -0.15) is 0 Å². The molecule has 0 bridgehead atoms. The van der Waals surface area contributed by atoms with Gasteiger partial charge >= 0.3 is 19.1 Å². The lowest BCUT2D eigenvalue weighted by atomic mass is 9.78. The van der Waals surface area contributed by atoms with Crippen LogP contribution in [0.15, 0.2) is 12.1 Å². The first kappa shape index (κ1) is 19.0. The highest BCUT2D eigenvalue weighted by Gasteiger charge is 2.37. The lowest BCUT2D eigenvalue weighted by Crippen LogP contribution is -2.60. The van der Waals surface area contributed by atoms with Crippen molar-refractivity contribution in [3.8, 4) is 11.5 Å². The molecular weight excluding hydrogens is 359 g/mol.